The van der Waals surface area contributed by atoms with E-state index in [-0.39, 0.29) is 12.0 Å². The predicted molar refractivity (Wildman–Crippen MR) is 60.5 cm³/mol. The summed E-state index contributed by atoms with van der Waals surface area (Å²) in [7, 11) is 0. The Morgan fingerprint density at radius 1 is 1.27 bits per heavy atom. The molecule has 2 nitrogen and oxygen atoms in total. The molecule has 0 spiro atoms. The summed E-state index contributed by atoms with van der Waals surface area (Å²) < 4.78 is 0. The molecule has 2 rings (SSSR count). The largest absolute Gasteiger partial charge is 0.396 e. The van der Waals surface area contributed by atoms with Crippen molar-refractivity contribution in [3.8, 4) is 0 Å². The average molecular weight is 212 g/mol. The fraction of sp³-hybridized carbons (Fsp3) is 1.00. The number of aliphatic hydroxyl groups excluding tert-OH is 1. The minimum Gasteiger partial charge on any atom is -0.396 e. The molecule has 0 heterocycles. The quantitative estimate of drug-likeness (QED) is 0.754. The summed E-state index contributed by atoms with van der Waals surface area (Å²) in [6.45, 7) is 4.55. The second-order valence-corrected chi connectivity index (χ2v) is 5.80. The highest BCUT2D eigenvalue weighted by Crippen LogP contribution is 2.63. The van der Waals surface area contributed by atoms with Crippen LogP contribution < -0.4 is 0 Å². The van der Waals surface area contributed by atoms with Crippen molar-refractivity contribution < 1.29 is 10.2 Å². The summed E-state index contributed by atoms with van der Waals surface area (Å²) >= 11 is 0. The fourth-order valence-electron chi connectivity index (χ4n) is 3.56. The molecule has 0 radical (unpaired) electrons. The zero-order valence-electron chi connectivity index (χ0n) is 10.00. The second kappa shape index (κ2) is 3.74. The van der Waals surface area contributed by atoms with E-state index in [1.165, 1.54) is 6.42 Å². The molecule has 0 amide bonds. The lowest BCUT2D eigenvalue weighted by Crippen LogP contribution is -2.45. The summed E-state index contributed by atoms with van der Waals surface area (Å²) in [5, 5.41) is 20.2. The highest BCUT2D eigenvalue weighted by molar-refractivity contribution is 5.13. The maximum atomic E-state index is 10.7. The van der Waals surface area contributed by atoms with E-state index in [0.29, 0.717) is 5.92 Å². The molecular formula is C13H24O2. The van der Waals surface area contributed by atoms with Gasteiger partial charge in [0, 0.05) is 5.41 Å². The van der Waals surface area contributed by atoms with E-state index in [1.807, 2.05) is 0 Å². The van der Waals surface area contributed by atoms with Crippen LogP contribution in [0.3, 0.4) is 0 Å². The van der Waals surface area contributed by atoms with E-state index in [1.54, 1.807) is 0 Å². The van der Waals surface area contributed by atoms with Crippen LogP contribution in [0.5, 0.6) is 0 Å². The third-order valence-corrected chi connectivity index (χ3v) is 5.17. The third kappa shape index (κ3) is 1.62. The van der Waals surface area contributed by atoms with Crippen molar-refractivity contribution in [1.82, 2.24) is 0 Å². The van der Waals surface area contributed by atoms with Crippen LogP contribution in [-0.2, 0) is 0 Å². The Morgan fingerprint density at radius 3 is 2.13 bits per heavy atom. The van der Waals surface area contributed by atoms with Crippen molar-refractivity contribution in [2.75, 3.05) is 6.61 Å². The smallest absolute Gasteiger partial charge is 0.0728 e. The van der Waals surface area contributed by atoms with E-state index in [4.69, 9.17) is 0 Å². The first-order valence-corrected chi connectivity index (χ1v) is 6.41. The summed E-state index contributed by atoms with van der Waals surface area (Å²) in [6.07, 6.45) is 6.32. The molecule has 2 N–H and O–H groups in total. The van der Waals surface area contributed by atoms with Gasteiger partial charge >= 0.3 is 0 Å². The Kier molecular flexibility index (Phi) is 2.85. The SMILES string of the molecule is CCC1CCC(O)(C2(CO)CC2C)CC1. The third-order valence-electron chi connectivity index (χ3n) is 5.17. The Bertz CT molecular complexity index is 227. The summed E-state index contributed by atoms with van der Waals surface area (Å²) in [5.74, 6) is 1.31. The topological polar surface area (TPSA) is 40.5 Å². The maximum absolute atomic E-state index is 10.7. The fourth-order valence-corrected chi connectivity index (χ4v) is 3.56. The molecule has 2 atom stereocenters. The first-order valence-electron chi connectivity index (χ1n) is 6.41. The molecule has 2 unspecified atom stereocenters. The van der Waals surface area contributed by atoms with Gasteiger partial charge in [-0.05, 0) is 43.9 Å². The van der Waals surface area contributed by atoms with Crippen LogP contribution in [0.15, 0.2) is 0 Å². The Balaban J connectivity index is 2.03. The van der Waals surface area contributed by atoms with Gasteiger partial charge < -0.3 is 10.2 Å². The number of aliphatic hydroxyl groups is 2. The monoisotopic (exact) mass is 212 g/mol. The summed E-state index contributed by atoms with van der Waals surface area (Å²) in [6, 6.07) is 0. The van der Waals surface area contributed by atoms with E-state index >= 15 is 0 Å². The van der Waals surface area contributed by atoms with Crippen molar-refractivity contribution >= 4 is 0 Å². The number of rotatable bonds is 3. The van der Waals surface area contributed by atoms with E-state index in [0.717, 1.165) is 38.0 Å². The maximum Gasteiger partial charge on any atom is 0.0728 e. The lowest BCUT2D eigenvalue weighted by Gasteiger charge is -2.42. The van der Waals surface area contributed by atoms with Crippen molar-refractivity contribution in [1.29, 1.82) is 0 Å². The molecular weight excluding hydrogens is 188 g/mol. The van der Waals surface area contributed by atoms with Crippen LogP contribution in [0.25, 0.3) is 0 Å². The molecule has 0 aliphatic heterocycles. The van der Waals surface area contributed by atoms with Gasteiger partial charge in [-0.15, -0.1) is 0 Å². The zero-order chi connectivity index (χ0) is 11.1. The Hall–Kier alpha value is -0.0800. The molecule has 0 aromatic rings. The molecule has 0 aromatic heterocycles. The van der Waals surface area contributed by atoms with Crippen LogP contribution in [0.1, 0.15) is 52.4 Å². The van der Waals surface area contributed by atoms with Crippen molar-refractivity contribution in [2.45, 2.75) is 58.0 Å². The molecule has 2 aliphatic carbocycles. The Labute approximate surface area is 92.7 Å². The van der Waals surface area contributed by atoms with E-state index < -0.39 is 5.60 Å². The van der Waals surface area contributed by atoms with Gasteiger partial charge in [0.25, 0.3) is 0 Å². The molecule has 88 valence electrons. The highest BCUT2D eigenvalue weighted by Gasteiger charge is 2.63. The zero-order valence-corrected chi connectivity index (χ0v) is 10.00. The van der Waals surface area contributed by atoms with Gasteiger partial charge in [-0.3, -0.25) is 0 Å². The van der Waals surface area contributed by atoms with E-state index in [2.05, 4.69) is 13.8 Å². The van der Waals surface area contributed by atoms with Crippen LogP contribution in [0.2, 0.25) is 0 Å². The molecule has 2 aliphatic rings. The van der Waals surface area contributed by atoms with Gasteiger partial charge in [-0.2, -0.15) is 0 Å². The molecule has 2 saturated carbocycles. The van der Waals surface area contributed by atoms with E-state index in [9.17, 15) is 10.2 Å². The first-order chi connectivity index (χ1) is 7.08. The number of hydrogen-bond donors (Lipinski definition) is 2. The van der Waals surface area contributed by atoms with Gasteiger partial charge in [0.1, 0.15) is 0 Å². The minimum atomic E-state index is -0.563. The van der Waals surface area contributed by atoms with Gasteiger partial charge in [0.15, 0.2) is 0 Å². The van der Waals surface area contributed by atoms with Crippen molar-refractivity contribution in [3.63, 3.8) is 0 Å². The van der Waals surface area contributed by atoms with Crippen LogP contribution in [-0.4, -0.2) is 22.4 Å². The Morgan fingerprint density at radius 2 is 1.80 bits per heavy atom. The van der Waals surface area contributed by atoms with Crippen LogP contribution in [0.4, 0.5) is 0 Å². The lowest BCUT2D eigenvalue weighted by molar-refractivity contribution is -0.0948. The summed E-state index contributed by atoms with van der Waals surface area (Å²) in [4.78, 5) is 0. The lowest BCUT2D eigenvalue weighted by atomic mass is 9.69. The molecule has 15 heavy (non-hydrogen) atoms. The normalized spacial score (nSPS) is 50.4. The number of hydrogen-bond acceptors (Lipinski definition) is 2. The molecule has 0 aromatic carbocycles. The molecule has 0 bridgehead atoms. The predicted octanol–water partition coefficient (Wildman–Crippen LogP) is 2.34. The molecule has 2 heteroatoms. The highest BCUT2D eigenvalue weighted by atomic mass is 16.3. The van der Waals surface area contributed by atoms with Crippen molar-refractivity contribution in [2.24, 2.45) is 17.3 Å². The van der Waals surface area contributed by atoms with Crippen LogP contribution in [0, 0.1) is 17.3 Å². The van der Waals surface area contributed by atoms with Crippen molar-refractivity contribution in [3.05, 3.63) is 0 Å². The summed E-state index contributed by atoms with van der Waals surface area (Å²) in [5.41, 5.74) is -0.710. The van der Waals surface area contributed by atoms with Gasteiger partial charge in [-0.25, -0.2) is 0 Å². The minimum absolute atomic E-state index is 0.147. The molecule has 0 saturated heterocycles. The average Bonchev–Trinajstić information content (AvgIpc) is 2.93. The standard InChI is InChI=1S/C13H24O2/c1-3-11-4-6-13(15,7-5-11)12(9-14)8-10(12)2/h10-11,14-15H,3-9H2,1-2H3. The first kappa shape index (κ1) is 11.4. The second-order valence-electron chi connectivity index (χ2n) is 5.80. The van der Waals surface area contributed by atoms with Gasteiger partial charge in [0.05, 0.1) is 12.2 Å². The van der Waals surface area contributed by atoms with Gasteiger partial charge in [-0.1, -0.05) is 20.3 Å². The van der Waals surface area contributed by atoms with Gasteiger partial charge in [0.2, 0.25) is 0 Å². The van der Waals surface area contributed by atoms with Crippen LogP contribution >= 0.6 is 0 Å². The molecule has 2 fully saturated rings.